The maximum absolute atomic E-state index is 12.2. The SMILES string of the molecule is O=C(c1cc(I)ccc1O)N1CCC(O)CC1. The van der Waals surface area contributed by atoms with Gasteiger partial charge >= 0.3 is 0 Å². The fraction of sp³-hybridized carbons (Fsp3) is 0.417. The van der Waals surface area contributed by atoms with Crippen molar-refractivity contribution in [1.29, 1.82) is 0 Å². The van der Waals surface area contributed by atoms with Gasteiger partial charge in [-0.15, -0.1) is 0 Å². The van der Waals surface area contributed by atoms with E-state index in [1.165, 1.54) is 6.07 Å². The summed E-state index contributed by atoms with van der Waals surface area (Å²) in [6.07, 6.45) is 0.913. The van der Waals surface area contributed by atoms with Gasteiger partial charge in [0.25, 0.3) is 5.91 Å². The Balaban J connectivity index is 2.16. The lowest BCUT2D eigenvalue weighted by Gasteiger charge is -2.29. The monoisotopic (exact) mass is 347 g/mol. The third-order valence-electron chi connectivity index (χ3n) is 2.94. The van der Waals surface area contributed by atoms with E-state index in [4.69, 9.17) is 0 Å². The Bertz CT molecular complexity index is 428. The maximum atomic E-state index is 12.2. The number of hydrogen-bond acceptors (Lipinski definition) is 3. The second-order valence-electron chi connectivity index (χ2n) is 4.18. The average Bonchev–Trinajstić information content (AvgIpc) is 2.32. The number of rotatable bonds is 1. The van der Waals surface area contributed by atoms with Gasteiger partial charge in [0, 0.05) is 16.7 Å². The number of aliphatic hydroxyl groups excluding tert-OH is 1. The first-order valence-electron chi connectivity index (χ1n) is 5.54. The fourth-order valence-corrected chi connectivity index (χ4v) is 2.41. The molecule has 0 atom stereocenters. The number of amides is 1. The number of aromatic hydroxyl groups is 1. The molecule has 1 saturated heterocycles. The van der Waals surface area contributed by atoms with Gasteiger partial charge in [0.15, 0.2) is 0 Å². The molecule has 1 aliphatic rings. The van der Waals surface area contributed by atoms with Gasteiger partial charge in [0.1, 0.15) is 5.75 Å². The minimum atomic E-state index is -0.302. The van der Waals surface area contributed by atoms with Crippen LogP contribution in [0.2, 0.25) is 0 Å². The molecule has 0 bridgehead atoms. The van der Waals surface area contributed by atoms with Crippen molar-refractivity contribution in [3.8, 4) is 5.75 Å². The Morgan fingerprint density at radius 2 is 2.00 bits per heavy atom. The van der Waals surface area contributed by atoms with Crippen LogP contribution >= 0.6 is 22.6 Å². The van der Waals surface area contributed by atoms with Crippen LogP contribution in [0.15, 0.2) is 18.2 Å². The third-order valence-corrected chi connectivity index (χ3v) is 3.61. The Labute approximate surface area is 113 Å². The van der Waals surface area contributed by atoms with Crippen molar-refractivity contribution in [2.45, 2.75) is 18.9 Å². The molecule has 0 saturated carbocycles. The smallest absolute Gasteiger partial charge is 0.257 e. The van der Waals surface area contributed by atoms with Crippen LogP contribution in [-0.2, 0) is 0 Å². The molecule has 4 nitrogen and oxygen atoms in total. The van der Waals surface area contributed by atoms with Crippen LogP contribution in [0.25, 0.3) is 0 Å². The number of likely N-dealkylation sites (tertiary alicyclic amines) is 1. The number of phenols is 1. The lowest BCUT2D eigenvalue weighted by molar-refractivity contribution is 0.0544. The standard InChI is InChI=1S/C12H14INO3/c13-8-1-2-11(16)10(7-8)12(17)14-5-3-9(15)4-6-14/h1-2,7,9,15-16H,3-6H2. The van der Waals surface area contributed by atoms with Gasteiger partial charge in [0.05, 0.1) is 11.7 Å². The van der Waals surface area contributed by atoms with E-state index in [0.717, 1.165) is 3.57 Å². The number of phenolic OH excluding ortho intramolecular Hbond substituents is 1. The van der Waals surface area contributed by atoms with Crippen molar-refractivity contribution in [2.75, 3.05) is 13.1 Å². The van der Waals surface area contributed by atoms with Crippen molar-refractivity contribution in [2.24, 2.45) is 0 Å². The van der Waals surface area contributed by atoms with Crippen LogP contribution < -0.4 is 0 Å². The molecule has 1 aliphatic heterocycles. The summed E-state index contributed by atoms with van der Waals surface area (Å²) in [5, 5.41) is 19.1. The van der Waals surface area contributed by atoms with Gasteiger partial charge in [-0.3, -0.25) is 4.79 Å². The van der Waals surface area contributed by atoms with Crippen LogP contribution in [0.1, 0.15) is 23.2 Å². The highest BCUT2D eigenvalue weighted by Gasteiger charge is 2.24. The number of halogens is 1. The second-order valence-corrected chi connectivity index (χ2v) is 5.43. The molecule has 1 heterocycles. The quantitative estimate of drug-likeness (QED) is 0.759. The molecular formula is C12H14INO3. The van der Waals surface area contributed by atoms with E-state index in [2.05, 4.69) is 22.6 Å². The highest BCUT2D eigenvalue weighted by molar-refractivity contribution is 14.1. The van der Waals surface area contributed by atoms with E-state index in [1.54, 1.807) is 17.0 Å². The molecule has 0 spiro atoms. The average molecular weight is 347 g/mol. The van der Waals surface area contributed by atoms with E-state index in [1.807, 2.05) is 0 Å². The normalized spacial score (nSPS) is 17.2. The van der Waals surface area contributed by atoms with Crippen molar-refractivity contribution in [3.05, 3.63) is 27.3 Å². The Hall–Kier alpha value is -0.820. The van der Waals surface area contributed by atoms with Crippen LogP contribution in [0.3, 0.4) is 0 Å². The highest BCUT2D eigenvalue weighted by Crippen LogP contribution is 2.23. The zero-order chi connectivity index (χ0) is 12.4. The molecule has 1 amide bonds. The van der Waals surface area contributed by atoms with E-state index in [-0.39, 0.29) is 17.8 Å². The summed E-state index contributed by atoms with van der Waals surface area (Å²) < 4.78 is 0.917. The lowest BCUT2D eigenvalue weighted by atomic mass is 10.1. The van der Waals surface area contributed by atoms with Gasteiger partial charge in [-0.2, -0.15) is 0 Å². The number of aliphatic hydroxyl groups is 1. The second kappa shape index (κ2) is 5.22. The number of benzene rings is 1. The van der Waals surface area contributed by atoms with Gasteiger partial charge in [-0.1, -0.05) is 0 Å². The molecule has 0 unspecified atom stereocenters. The zero-order valence-electron chi connectivity index (χ0n) is 9.27. The van der Waals surface area contributed by atoms with E-state index in [9.17, 15) is 15.0 Å². The van der Waals surface area contributed by atoms with Crippen molar-refractivity contribution >= 4 is 28.5 Å². The largest absolute Gasteiger partial charge is 0.507 e. The zero-order valence-corrected chi connectivity index (χ0v) is 11.4. The first-order chi connectivity index (χ1) is 8.08. The minimum absolute atomic E-state index is 0.0153. The highest BCUT2D eigenvalue weighted by atomic mass is 127. The Morgan fingerprint density at radius 3 is 2.65 bits per heavy atom. The van der Waals surface area contributed by atoms with Crippen LogP contribution in [0.5, 0.6) is 5.75 Å². The fourth-order valence-electron chi connectivity index (χ4n) is 1.92. The number of nitrogens with zero attached hydrogens (tertiary/aromatic N) is 1. The molecule has 0 aromatic heterocycles. The van der Waals surface area contributed by atoms with Crippen molar-refractivity contribution < 1.29 is 15.0 Å². The van der Waals surface area contributed by atoms with Gasteiger partial charge in [-0.25, -0.2) is 0 Å². The number of carbonyl (C=O) groups is 1. The van der Waals surface area contributed by atoms with Crippen LogP contribution in [0, 0.1) is 3.57 Å². The van der Waals surface area contributed by atoms with Crippen molar-refractivity contribution in [1.82, 2.24) is 4.90 Å². The summed E-state index contributed by atoms with van der Waals surface area (Å²) in [6.45, 7) is 1.09. The van der Waals surface area contributed by atoms with Gasteiger partial charge in [0.2, 0.25) is 0 Å². The predicted molar refractivity (Wildman–Crippen MR) is 72.0 cm³/mol. The summed E-state index contributed by atoms with van der Waals surface area (Å²) >= 11 is 2.11. The first kappa shape index (κ1) is 12.6. The van der Waals surface area contributed by atoms with Gasteiger partial charge in [-0.05, 0) is 53.6 Å². The van der Waals surface area contributed by atoms with E-state index < -0.39 is 0 Å². The van der Waals surface area contributed by atoms with Crippen LogP contribution in [0.4, 0.5) is 0 Å². The Kier molecular flexibility index (Phi) is 3.88. The van der Waals surface area contributed by atoms with Gasteiger partial charge < -0.3 is 15.1 Å². The summed E-state index contributed by atoms with van der Waals surface area (Å²) in [5.41, 5.74) is 0.341. The summed E-state index contributed by atoms with van der Waals surface area (Å²) in [6, 6.07) is 4.98. The number of carbonyl (C=O) groups excluding carboxylic acids is 1. The molecule has 5 heteroatoms. The minimum Gasteiger partial charge on any atom is -0.507 e. The van der Waals surface area contributed by atoms with Crippen molar-refractivity contribution in [3.63, 3.8) is 0 Å². The van der Waals surface area contributed by atoms with E-state index in [0.29, 0.717) is 31.5 Å². The van der Waals surface area contributed by atoms with E-state index >= 15 is 0 Å². The molecule has 0 radical (unpaired) electrons. The predicted octanol–water partition coefficient (Wildman–Crippen LogP) is 1.59. The molecule has 1 aromatic carbocycles. The molecule has 17 heavy (non-hydrogen) atoms. The number of piperidine rings is 1. The van der Waals surface area contributed by atoms with Crippen LogP contribution in [-0.4, -0.2) is 40.2 Å². The molecule has 2 rings (SSSR count). The molecule has 1 aromatic rings. The molecule has 1 fully saturated rings. The Morgan fingerprint density at radius 1 is 1.35 bits per heavy atom. The first-order valence-corrected chi connectivity index (χ1v) is 6.61. The topological polar surface area (TPSA) is 60.8 Å². The third kappa shape index (κ3) is 2.90. The number of hydrogen-bond donors (Lipinski definition) is 2. The molecule has 92 valence electrons. The lowest BCUT2D eigenvalue weighted by Crippen LogP contribution is -2.40. The summed E-state index contributed by atoms with van der Waals surface area (Å²) in [7, 11) is 0. The molecule has 2 N–H and O–H groups in total. The maximum Gasteiger partial charge on any atom is 0.257 e. The molecular weight excluding hydrogens is 333 g/mol. The molecule has 0 aliphatic carbocycles. The summed E-state index contributed by atoms with van der Waals surface area (Å²) in [5.74, 6) is -0.144. The summed E-state index contributed by atoms with van der Waals surface area (Å²) in [4.78, 5) is 13.8.